The Hall–Kier alpha value is -2.15. The number of aliphatic carboxylic acids is 1. The van der Waals surface area contributed by atoms with E-state index >= 15 is 0 Å². The average Bonchev–Trinajstić information content (AvgIpc) is 2.69. The number of carbonyl (C=O) groups excluding carboxylic acids is 3. The number of rotatable bonds is 6. The van der Waals surface area contributed by atoms with Gasteiger partial charge in [0.15, 0.2) is 0 Å². The SMILES string of the molecule is CCCOC(=O)c1c(NC(=O)/C=C/C(=O)[O-])sc(C)c1C. The third-order valence-corrected chi connectivity index (χ3v) is 3.76. The van der Waals surface area contributed by atoms with Crippen molar-refractivity contribution in [1.82, 2.24) is 0 Å². The van der Waals surface area contributed by atoms with Crippen molar-refractivity contribution >= 4 is 34.2 Å². The third-order valence-electron chi connectivity index (χ3n) is 2.63. The molecule has 6 nitrogen and oxygen atoms in total. The average molecular weight is 310 g/mol. The van der Waals surface area contributed by atoms with Crippen molar-refractivity contribution in [1.29, 1.82) is 0 Å². The lowest BCUT2D eigenvalue weighted by Gasteiger charge is -2.06. The van der Waals surface area contributed by atoms with E-state index in [1.807, 2.05) is 13.8 Å². The monoisotopic (exact) mass is 310 g/mol. The van der Waals surface area contributed by atoms with Crippen molar-refractivity contribution in [2.24, 2.45) is 0 Å². The Morgan fingerprint density at radius 1 is 1.29 bits per heavy atom. The zero-order valence-corrected chi connectivity index (χ0v) is 12.8. The summed E-state index contributed by atoms with van der Waals surface area (Å²) in [5, 5.41) is 13.1. The van der Waals surface area contributed by atoms with Gasteiger partial charge in [-0.25, -0.2) is 4.79 Å². The van der Waals surface area contributed by atoms with Gasteiger partial charge in [-0.15, -0.1) is 11.3 Å². The van der Waals surface area contributed by atoms with Crippen molar-refractivity contribution in [2.45, 2.75) is 27.2 Å². The van der Waals surface area contributed by atoms with E-state index in [0.717, 1.165) is 16.5 Å². The first-order chi connectivity index (χ1) is 9.86. The molecule has 0 fully saturated rings. The van der Waals surface area contributed by atoms with Crippen LogP contribution in [0.25, 0.3) is 0 Å². The largest absolute Gasteiger partial charge is 0.545 e. The molecule has 0 saturated heterocycles. The summed E-state index contributed by atoms with van der Waals surface area (Å²) in [6.07, 6.45) is 2.16. The van der Waals surface area contributed by atoms with Crippen LogP contribution in [0.15, 0.2) is 12.2 Å². The van der Waals surface area contributed by atoms with E-state index in [1.165, 1.54) is 11.3 Å². The lowest BCUT2D eigenvalue weighted by molar-refractivity contribution is -0.297. The molecule has 0 bridgehead atoms. The van der Waals surface area contributed by atoms with Gasteiger partial charge < -0.3 is 20.0 Å². The predicted molar refractivity (Wildman–Crippen MR) is 77.1 cm³/mol. The van der Waals surface area contributed by atoms with Gasteiger partial charge in [0, 0.05) is 11.0 Å². The van der Waals surface area contributed by atoms with Gasteiger partial charge in [-0.1, -0.05) is 6.92 Å². The summed E-state index contributed by atoms with van der Waals surface area (Å²) in [4.78, 5) is 34.7. The fourth-order valence-electron chi connectivity index (χ4n) is 1.53. The number of esters is 1. The van der Waals surface area contributed by atoms with Crippen LogP contribution in [-0.2, 0) is 14.3 Å². The van der Waals surface area contributed by atoms with Gasteiger partial charge in [0.2, 0.25) is 5.91 Å². The van der Waals surface area contributed by atoms with E-state index in [0.29, 0.717) is 29.7 Å². The maximum atomic E-state index is 12.0. The minimum absolute atomic E-state index is 0.297. The number of thiophene rings is 1. The number of ether oxygens (including phenoxy) is 1. The highest BCUT2D eigenvalue weighted by Gasteiger charge is 2.21. The topological polar surface area (TPSA) is 95.5 Å². The summed E-state index contributed by atoms with van der Waals surface area (Å²) in [5.74, 6) is -2.62. The number of carboxylic acids is 1. The second-order valence-corrected chi connectivity index (χ2v) is 5.49. The number of hydrogen-bond acceptors (Lipinski definition) is 6. The maximum absolute atomic E-state index is 12.0. The zero-order valence-electron chi connectivity index (χ0n) is 12.0. The molecule has 1 heterocycles. The number of amides is 1. The lowest BCUT2D eigenvalue weighted by atomic mass is 10.1. The van der Waals surface area contributed by atoms with Gasteiger partial charge in [-0.05, 0) is 31.9 Å². The van der Waals surface area contributed by atoms with Gasteiger partial charge in [0.25, 0.3) is 0 Å². The van der Waals surface area contributed by atoms with Crippen molar-refractivity contribution < 1.29 is 24.2 Å². The summed E-state index contributed by atoms with van der Waals surface area (Å²) >= 11 is 1.24. The Balaban J connectivity index is 2.97. The fraction of sp³-hybridized carbons (Fsp3) is 0.357. The molecule has 1 aromatic rings. The standard InChI is InChI=1S/C14H17NO5S/c1-4-7-20-14(19)12-8(2)9(3)21-13(12)15-10(16)5-6-11(17)18/h5-6H,4,7H2,1-3H3,(H,15,16)(H,17,18)/p-1/b6-5+. The molecule has 0 spiro atoms. The molecule has 1 N–H and O–H groups in total. The minimum Gasteiger partial charge on any atom is -0.545 e. The second-order valence-electron chi connectivity index (χ2n) is 4.26. The number of hydrogen-bond donors (Lipinski definition) is 1. The third kappa shape index (κ3) is 4.71. The first kappa shape index (κ1) is 16.9. The summed E-state index contributed by atoms with van der Waals surface area (Å²) in [5.41, 5.74) is 1.04. The van der Waals surface area contributed by atoms with Crippen molar-refractivity contribution in [3.05, 3.63) is 28.2 Å². The second kappa shape index (κ2) is 7.58. The minimum atomic E-state index is -1.47. The fourth-order valence-corrected chi connectivity index (χ4v) is 2.58. The van der Waals surface area contributed by atoms with E-state index in [-0.39, 0.29) is 0 Å². The van der Waals surface area contributed by atoms with E-state index in [9.17, 15) is 19.5 Å². The molecule has 0 saturated carbocycles. The lowest BCUT2D eigenvalue weighted by Crippen LogP contribution is -2.20. The maximum Gasteiger partial charge on any atom is 0.341 e. The van der Waals surface area contributed by atoms with Crippen LogP contribution >= 0.6 is 11.3 Å². The van der Waals surface area contributed by atoms with Crippen molar-refractivity contribution in [3.8, 4) is 0 Å². The van der Waals surface area contributed by atoms with Crippen LogP contribution in [0.1, 0.15) is 34.1 Å². The molecule has 0 aliphatic carbocycles. The Morgan fingerprint density at radius 2 is 1.95 bits per heavy atom. The van der Waals surface area contributed by atoms with Gasteiger partial charge in [-0.3, -0.25) is 4.79 Å². The zero-order chi connectivity index (χ0) is 16.0. The van der Waals surface area contributed by atoms with Crippen LogP contribution in [0.4, 0.5) is 5.00 Å². The van der Waals surface area contributed by atoms with E-state index in [4.69, 9.17) is 4.74 Å². The van der Waals surface area contributed by atoms with E-state index < -0.39 is 17.8 Å². The number of nitrogens with one attached hydrogen (secondary N) is 1. The smallest absolute Gasteiger partial charge is 0.341 e. The highest BCUT2D eigenvalue weighted by Crippen LogP contribution is 2.33. The molecule has 1 amide bonds. The summed E-state index contributed by atoms with van der Waals surface area (Å²) in [6.45, 7) is 5.77. The number of carboxylic acid groups (broad SMARTS) is 1. The molecule has 0 aromatic carbocycles. The predicted octanol–water partition coefficient (Wildman–Crippen LogP) is 1.18. The van der Waals surface area contributed by atoms with Gasteiger partial charge >= 0.3 is 5.97 Å². The number of aryl methyl sites for hydroxylation is 1. The van der Waals surface area contributed by atoms with Crippen molar-refractivity contribution in [2.75, 3.05) is 11.9 Å². The normalized spacial score (nSPS) is 10.6. The molecule has 0 radical (unpaired) electrons. The molecule has 0 aliphatic rings. The molecule has 0 aliphatic heterocycles. The Morgan fingerprint density at radius 3 is 2.52 bits per heavy atom. The molecule has 0 unspecified atom stereocenters. The first-order valence-electron chi connectivity index (χ1n) is 6.34. The molecule has 1 rings (SSSR count). The van der Waals surface area contributed by atoms with Gasteiger partial charge in [0.1, 0.15) is 5.00 Å². The van der Waals surface area contributed by atoms with E-state index in [2.05, 4.69) is 5.32 Å². The Labute approximate surface area is 126 Å². The van der Waals surface area contributed by atoms with Crippen LogP contribution < -0.4 is 10.4 Å². The highest BCUT2D eigenvalue weighted by molar-refractivity contribution is 7.16. The molecule has 0 atom stereocenters. The van der Waals surface area contributed by atoms with Crippen LogP contribution in [0.3, 0.4) is 0 Å². The van der Waals surface area contributed by atoms with Gasteiger partial charge in [-0.2, -0.15) is 0 Å². The van der Waals surface area contributed by atoms with Gasteiger partial charge in [0.05, 0.1) is 18.1 Å². The Bertz CT molecular complexity index is 588. The molecular weight excluding hydrogens is 294 g/mol. The highest BCUT2D eigenvalue weighted by atomic mass is 32.1. The van der Waals surface area contributed by atoms with Crippen LogP contribution in [-0.4, -0.2) is 24.5 Å². The number of anilines is 1. The quantitative estimate of drug-likeness (QED) is 0.628. The Kier molecular flexibility index (Phi) is 6.10. The molecule has 114 valence electrons. The van der Waals surface area contributed by atoms with Crippen LogP contribution in [0.5, 0.6) is 0 Å². The van der Waals surface area contributed by atoms with E-state index in [1.54, 1.807) is 6.92 Å². The molecular formula is C14H16NO5S-. The van der Waals surface area contributed by atoms with Crippen LogP contribution in [0.2, 0.25) is 0 Å². The number of carbonyl (C=O) groups is 3. The molecule has 1 aromatic heterocycles. The van der Waals surface area contributed by atoms with Crippen molar-refractivity contribution in [3.63, 3.8) is 0 Å². The van der Waals surface area contributed by atoms with Crippen LogP contribution in [0, 0.1) is 13.8 Å². The summed E-state index contributed by atoms with van der Waals surface area (Å²) in [7, 11) is 0. The first-order valence-corrected chi connectivity index (χ1v) is 7.15. The molecule has 7 heteroatoms. The summed E-state index contributed by atoms with van der Waals surface area (Å²) < 4.78 is 5.09. The summed E-state index contributed by atoms with van der Waals surface area (Å²) in [6, 6.07) is 0. The molecule has 21 heavy (non-hydrogen) atoms.